The monoisotopic (exact) mass is 270 g/mol. The average Bonchev–Trinajstić information content (AvgIpc) is 2.92. The van der Waals surface area contributed by atoms with E-state index in [1.807, 2.05) is 16.9 Å². The molecule has 1 aliphatic carbocycles. The van der Waals surface area contributed by atoms with Crippen LogP contribution in [0.2, 0.25) is 0 Å². The Kier molecular flexibility index (Phi) is 3.47. The Bertz CT molecular complexity index is 560. The van der Waals surface area contributed by atoms with Gasteiger partial charge in [-0.15, -0.1) is 5.10 Å². The summed E-state index contributed by atoms with van der Waals surface area (Å²) in [5.74, 6) is 0. The smallest absolute Gasteiger partial charge is 0.0894 e. The van der Waals surface area contributed by atoms with Crippen LogP contribution in [0, 0.1) is 5.41 Å². The second kappa shape index (κ2) is 5.27. The fraction of sp³-hybridized carbons (Fsp3) is 0.500. The fourth-order valence-electron chi connectivity index (χ4n) is 3.17. The van der Waals surface area contributed by atoms with Crippen LogP contribution in [0.3, 0.4) is 0 Å². The minimum atomic E-state index is 0.443. The second-order valence-corrected chi connectivity index (χ2v) is 6.47. The van der Waals surface area contributed by atoms with Gasteiger partial charge < -0.3 is 5.32 Å². The summed E-state index contributed by atoms with van der Waals surface area (Å²) in [6, 6.07) is 8.84. The standard InChI is InChI=1S/C16H22N4/c1-16(2)9-5-6-13(12-16)18-14-7-3-4-8-15(14)20-11-10-17-19-20/h3-4,7-8,10-11,13,18H,5-6,9,12H2,1-2H3. The van der Waals surface area contributed by atoms with Gasteiger partial charge in [-0.3, -0.25) is 0 Å². The molecule has 0 spiro atoms. The Morgan fingerprint density at radius 3 is 2.90 bits per heavy atom. The van der Waals surface area contributed by atoms with E-state index in [2.05, 4.69) is 47.7 Å². The van der Waals surface area contributed by atoms with Gasteiger partial charge in [0.15, 0.2) is 0 Å². The van der Waals surface area contributed by atoms with E-state index in [0.717, 1.165) is 11.4 Å². The highest BCUT2D eigenvalue weighted by Gasteiger charge is 2.28. The molecular weight excluding hydrogens is 248 g/mol. The van der Waals surface area contributed by atoms with E-state index < -0.39 is 0 Å². The van der Waals surface area contributed by atoms with Crippen LogP contribution in [-0.2, 0) is 0 Å². The summed E-state index contributed by atoms with van der Waals surface area (Å²) in [6.07, 6.45) is 8.69. The first-order valence-corrected chi connectivity index (χ1v) is 7.36. The van der Waals surface area contributed by atoms with E-state index in [4.69, 9.17) is 0 Å². The molecule has 0 bridgehead atoms. The lowest BCUT2D eigenvalue weighted by Gasteiger charge is -2.36. The fourth-order valence-corrected chi connectivity index (χ4v) is 3.17. The second-order valence-electron chi connectivity index (χ2n) is 6.47. The summed E-state index contributed by atoms with van der Waals surface area (Å²) >= 11 is 0. The van der Waals surface area contributed by atoms with Gasteiger partial charge in [-0.05, 0) is 36.8 Å². The number of rotatable bonds is 3. The van der Waals surface area contributed by atoms with Crippen LogP contribution in [0.4, 0.5) is 5.69 Å². The predicted molar refractivity (Wildman–Crippen MR) is 81.0 cm³/mol. The minimum Gasteiger partial charge on any atom is -0.381 e. The lowest BCUT2D eigenvalue weighted by atomic mass is 9.75. The van der Waals surface area contributed by atoms with Crippen molar-refractivity contribution in [1.82, 2.24) is 15.0 Å². The van der Waals surface area contributed by atoms with Crippen LogP contribution >= 0.6 is 0 Å². The first-order valence-electron chi connectivity index (χ1n) is 7.36. The average molecular weight is 270 g/mol. The zero-order valence-corrected chi connectivity index (χ0v) is 12.2. The van der Waals surface area contributed by atoms with E-state index in [0.29, 0.717) is 11.5 Å². The third-order valence-corrected chi connectivity index (χ3v) is 4.14. The number of para-hydroxylation sites is 2. The number of aromatic nitrogens is 3. The van der Waals surface area contributed by atoms with Gasteiger partial charge in [-0.2, -0.15) is 0 Å². The zero-order chi connectivity index (χ0) is 14.0. The summed E-state index contributed by atoms with van der Waals surface area (Å²) < 4.78 is 1.82. The molecule has 0 radical (unpaired) electrons. The maximum Gasteiger partial charge on any atom is 0.0894 e. The van der Waals surface area contributed by atoms with Gasteiger partial charge in [-0.1, -0.05) is 37.6 Å². The lowest BCUT2D eigenvalue weighted by molar-refractivity contribution is 0.229. The van der Waals surface area contributed by atoms with Crippen molar-refractivity contribution in [2.45, 2.75) is 45.6 Å². The van der Waals surface area contributed by atoms with Crippen molar-refractivity contribution < 1.29 is 0 Å². The largest absolute Gasteiger partial charge is 0.381 e. The molecule has 1 fully saturated rings. The molecule has 1 aromatic carbocycles. The van der Waals surface area contributed by atoms with Crippen molar-refractivity contribution >= 4 is 5.69 Å². The van der Waals surface area contributed by atoms with Crippen LogP contribution in [0.25, 0.3) is 5.69 Å². The quantitative estimate of drug-likeness (QED) is 0.925. The lowest BCUT2D eigenvalue weighted by Crippen LogP contribution is -2.32. The van der Waals surface area contributed by atoms with Gasteiger partial charge in [-0.25, -0.2) is 4.68 Å². The molecule has 1 aromatic heterocycles. The Morgan fingerprint density at radius 1 is 1.30 bits per heavy atom. The van der Waals surface area contributed by atoms with E-state index in [9.17, 15) is 0 Å². The van der Waals surface area contributed by atoms with Crippen molar-refractivity contribution in [1.29, 1.82) is 0 Å². The zero-order valence-electron chi connectivity index (χ0n) is 12.2. The molecule has 1 N–H and O–H groups in total. The third-order valence-electron chi connectivity index (χ3n) is 4.14. The highest BCUT2D eigenvalue weighted by molar-refractivity contribution is 5.61. The molecule has 1 atom stereocenters. The van der Waals surface area contributed by atoms with Gasteiger partial charge in [0.25, 0.3) is 0 Å². The van der Waals surface area contributed by atoms with E-state index >= 15 is 0 Å². The SMILES string of the molecule is CC1(C)CCCC(Nc2ccccc2-n2ccnn2)C1. The minimum absolute atomic E-state index is 0.443. The van der Waals surface area contributed by atoms with Crippen molar-refractivity contribution in [3.8, 4) is 5.69 Å². The molecule has 2 aromatic rings. The Morgan fingerprint density at radius 2 is 2.15 bits per heavy atom. The summed E-state index contributed by atoms with van der Waals surface area (Å²) in [5, 5.41) is 11.7. The number of hydrogen-bond acceptors (Lipinski definition) is 3. The molecule has 0 aliphatic heterocycles. The van der Waals surface area contributed by atoms with Gasteiger partial charge in [0.2, 0.25) is 0 Å². The molecule has 1 saturated carbocycles. The van der Waals surface area contributed by atoms with Gasteiger partial charge in [0.1, 0.15) is 0 Å². The summed E-state index contributed by atoms with van der Waals surface area (Å²) in [6.45, 7) is 4.73. The van der Waals surface area contributed by atoms with Crippen molar-refractivity contribution in [2.75, 3.05) is 5.32 Å². The number of anilines is 1. The van der Waals surface area contributed by atoms with Crippen LogP contribution in [0.5, 0.6) is 0 Å². The Labute approximate surface area is 120 Å². The summed E-state index contributed by atoms with van der Waals surface area (Å²) in [4.78, 5) is 0. The predicted octanol–water partition coefficient (Wildman–Crippen LogP) is 3.65. The third kappa shape index (κ3) is 2.84. The van der Waals surface area contributed by atoms with Crippen molar-refractivity contribution in [2.24, 2.45) is 5.41 Å². The van der Waals surface area contributed by atoms with Gasteiger partial charge in [0.05, 0.1) is 23.8 Å². The highest BCUT2D eigenvalue weighted by atomic mass is 15.4. The maximum absolute atomic E-state index is 4.10. The van der Waals surface area contributed by atoms with Crippen LogP contribution in [0.1, 0.15) is 39.5 Å². The molecule has 3 rings (SSSR count). The number of nitrogens with zero attached hydrogens (tertiary/aromatic N) is 3. The van der Waals surface area contributed by atoms with Crippen LogP contribution in [0.15, 0.2) is 36.7 Å². The van der Waals surface area contributed by atoms with Gasteiger partial charge >= 0.3 is 0 Å². The summed E-state index contributed by atoms with van der Waals surface area (Å²) in [5.41, 5.74) is 2.65. The molecule has 106 valence electrons. The molecule has 1 unspecified atom stereocenters. The molecule has 1 aliphatic rings. The number of hydrogen-bond donors (Lipinski definition) is 1. The Hall–Kier alpha value is -1.84. The van der Waals surface area contributed by atoms with E-state index in [1.54, 1.807) is 6.20 Å². The molecule has 20 heavy (non-hydrogen) atoms. The van der Waals surface area contributed by atoms with E-state index in [-0.39, 0.29) is 0 Å². The van der Waals surface area contributed by atoms with E-state index in [1.165, 1.54) is 25.7 Å². The maximum atomic E-state index is 4.10. The van der Waals surface area contributed by atoms with Crippen molar-refractivity contribution in [3.05, 3.63) is 36.7 Å². The highest BCUT2D eigenvalue weighted by Crippen LogP contribution is 2.36. The summed E-state index contributed by atoms with van der Waals surface area (Å²) in [7, 11) is 0. The molecule has 4 nitrogen and oxygen atoms in total. The molecular formula is C16H22N4. The van der Waals surface area contributed by atoms with Crippen LogP contribution in [-0.4, -0.2) is 21.0 Å². The normalized spacial score (nSPS) is 21.6. The molecule has 0 amide bonds. The van der Waals surface area contributed by atoms with Gasteiger partial charge in [0, 0.05) is 6.04 Å². The van der Waals surface area contributed by atoms with Crippen LogP contribution < -0.4 is 5.32 Å². The number of benzene rings is 1. The molecule has 0 saturated heterocycles. The Balaban J connectivity index is 1.81. The topological polar surface area (TPSA) is 42.7 Å². The molecule has 4 heteroatoms. The molecule has 1 heterocycles. The van der Waals surface area contributed by atoms with Crippen molar-refractivity contribution in [3.63, 3.8) is 0 Å². The first-order chi connectivity index (χ1) is 9.64. The first kappa shape index (κ1) is 13.2. The number of nitrogens with one attached hydrogen (secondary N) is 1.